The molecule has 3 heterocycles. The second-order valence-corrected chi connectivity index (χ2v) is 7.39. The van der Waals surface area contributed by atoms with E-state index in [2.05, 4.69) is 15.3 Å². The standard InChI is InChI=1S/C21H18N4O5S/c1-29-15-6-4-13(5-7-15)19-24-14(12-31-19)9-22-18(26)17-10-23-21(28)25(20(17)27)11-16-3-2-8-30-16/h2-8,10,12H,9,11H2,1H3,(H,22,26)(H,23,28). The van der Waals surface area contributed by atoms with E-state index in [1.165, 1.54) is 17.6 Å². The average molecular weight is 438 g/mol. The van der Waals surface area contributed by atoms with Gasteiger partial charge in [-0.05, 0) is 36.4 Å². The van der Waals surface area contributed by atoms with E-state index in [1.54, 1.807) is 19.2 Å². The number of hydrogen-bond acceptors (Lipinski definition) is 7. The Kier molecular flexibility index (Phi) is 5.80. The number of aromatic amines is 1. The van der Waals surface area contributed by atoms with Crippen molar-refractivity contribution in [3.63, 3.8) is 0 Å². The van der Waals surface area contributed by atoms with Gasteiger partial charge in [0, 0.05) is 17.1 Å². The van der Waals surface area contributed by atoms with E-state index in [0.717, 1.165) is 27.1 Å². The Morgan fingerprint density at radius 2 is 2.06 bits per heavy atom. The van der Waals surface area contributed by atoms with E-state index in [9.17, 15) is 14.4 Å². The fraction of sp³-hybridized carbons (Fsp3) is 0.143. The van der Waals surface area contributed by atoms with Gasteiger partial charge in [-0.2, -0.15) is 0 Å². The number of methoxy groups -OCH3 is 1. The molecule has 0 aliphatic carbocycles. The first kappa shape index (κ1) is 20.4. The summed E-state index contributed by atoms with van der Waals surface area (Å²) in [4.78, 5) is 44.1. The summed E-state index contributed by atoms with van der Waals surface area (Å²) in [7, 11) is 1.60. The first-order chi connectivity index (χ1) is 15.0. The monoisotopic (exact) mass is 438 g/mol. The highest BCUT2D eigenvalue weighted by Gasteiger charge is 2.16. The van der Waals surface area contributed by atoms with E-state index in [4.69, 9.17) is 9.15 Å². The normalized spacial score (nSPS) is 10.7. The molecule has 1 aromatic carbocycles. The molecule has 31 heavy (non-hydrogen) atoms. The number of H-pyrrole nitrogens is 1. The highest BCUT2D eigenvalue weighted by Crippen LogP contribution is 2.25. The Labute approximate surface area is 180 Å². The third kappa shape index (κ3) is 4.48. The van der Waals surface area contributed by atoms with Crippen LogP contribution in [0.5, 0.6) is 5.75 Å². The van der Waals surface area contributed by atoms with Crippen LogP contribution < -0.4 is 21.3 Å². The molecule has 9 nitrogen and oxygen atoms in total. The SMILES string of the molecule is COc1ccc(-c2nc(CNC(=O)c3c[nH]c(=O)n(Cc4ccco4)c3=O)cs2)cc1. The lowest BCUT2D eigenvalue weighted by Crippen LogP contribution is -2.40. The van der Waals surface area contributed by atoms with Gasteiger partial charge in [-0.25, -0.2) is 9.78 Å². The molecule has 0 saturated heterocycles. The van der Waals surface area contributed by atoms with Crippen LogP contribution in [0, 0.1) is 0 Å². The van der Waals surface area contributed by atoms with E-state index in [1.807, 2.05) is 29.6 Å². The van der Waals surface area contributed by atoms with Crippen LogP contribution in [0.15, 0.2) is 68.2 Å². The van der Waals surface area contributed by atoms with Crippen LogP contribution in [0.25, 0.3) is 10.6 Å². The zero-order valence-electron chi connectivity index (χ0n) is 16.5. The van der Waals surface area contributed by atoms with Gasteiger partial charge in [0.05, 0.1) is 32.2 Å². The van der Waals surface area contributed by atoms with Gasteiger partial charge in [-0.1, -0.05) is 0 Å². The number of hydrogen-bond donors (Lipinski definition) is 2. The fourth-order valence-electron chi connectivity index (χ4n) is 2.90. The molecule has 0 spiro atoms. The molecule has 0 atom stereocenters. The quantitative estimate of drug-likeness (QED) is 0.457. The molecule has 0 unspecified atom stereocenters. The summed E-state index contributed by atoms with van der Waals surface area (Å²) < 4.78 is 11.2. The number of benzene rings is 1. The summed E-state index contributed by atoms with van der Waals surface area (Å²) in [6.45, 7) is 0.0713. The number of rotatable bonds is 7. The fourth-order valence-corrected chi connectivity index (χ4v) is 3.72. The Bertz CT molecular complexity index is 1300. The maximum absolute atomic E-state index is 12.6. The molecule has 4 rings (SSSR count). The van der Waals surface area contributed by atoms with E-state index in [-0.39, 0.29) is 18.7 Å². The lowest BCUT2D eigenvalue weighted by molar-refractivity contribution is 0.0947. The average Bonchev–Trinajstić information content (AvgIpc) is 3.47. The van der Waals surface area contributed by atoms with Crippen LogP contribution in [-0.2, 0) is 13.1 Å². The first-order valence-corrected chi connectivity index (χ1v) is 10.1. The van der Waals surface area contributed by atoms with E-state index < -0.39 is 17.2 Å². The van der Waals surface area contributed by atoms with Gasteiger partial charge in [-0.15, -0.1) is 11.3 Å². The molecule has 4 aromatic rings. The Morgan fingerprint density at radius 3 is 2.77 bits per heavy atom. The minimum atomic E-state index is -0.699. The number of thiazole rings is 1. The molecule has 0 fully saturated rings. The summed E-state index contributed by atoms with van der Waals surface area (Å²) in [5, 5.41) is 5.31. The van der Waals surface area contributed by atoms with Crippen molar-refractivity contribution in [2.45, 2.75) is 13.1 Å². The smallest absolute Gasteiger partial charge is 0.328 e. The van der Waals surface area contributed by atoms with Crippen LogP contribution >= 0.6 is 11.3 Å². The van der Waals surface area contributed by atoms with E-state index >= 15 is 0 Å². The number of carbonyl (C=O) groups excluding carboxylic acids is 1. The molecule has 3 aromatic heterocycles. The summed E-state index contributed by atoms with van der Waals surface area (Å²) in [5.41, 5.74) is 0.0996. The van der Waals surface area contributed by atoms with Crippen molar-refractivity contribution >= 4 is 17.2 Å². The number of nitrogens with zero attached hydrogens (tertiary/aromatic N) is 2. The zero-order chi connectivity index (χ0) is 21.8. The van der Waals surface area contributed by atoms with Gasteiger partial charge in [0.15, 0.2) is 0 Å². The third-order valence-corrected chi connectivity index (χ3v) is 5.46. The van der Waals surface area contributed by atoms with Gasteiger partial charge in [0.25, 0.3) is 11.5 Å². The highest BCUT2D eigenvalue weighted by molar-refractivity contribution is 7.13. The number of ether oxygens (including phenoxy) is 1. The van der Waals surface area contributed by atoms with E-state index in [0.29, 0.717) is 11.5 Å². The van der Waals surface area contributed by atoms with Crippen molar-refractivity contribution in [3.8, 4) is 16.3 Å². The maximum Gasteiger partial charge on any atom is 0.328 e. The Morgan fingerprint density at radius 1 is 1.26 bits per heavy atom. The van der Waals surface area contributed by atoms with Gasteiger partial charge < -0.3 is 19.5 Å². The molecule has 0 aliphatic heterocycles. The van der Waals surface area contributed by atoms with Crippen molar-refractivity contribution in [1.82, 2.24) is 19.9 Å². The maximum atomic E-state index is 12.6. The largest absolute Gasteiger partial charge is 0.497 e. The van der Waals surface area contributed by atoms with Crippen molar-refractivity contribution in [2.24, 2.45) is 0 Å². The summed E-state index contributed by atoms with van der Waals surface area (Å²) >= 11 is 1.45. The van der Waals surface area contributed by atoms with Crippen molar-refractivity contribution < 1.29 is 13.9 Å². The second-order valence-electron chi connectivity index (χ2n) is 6.53. The Balaban J connectivity index is 1.46. The second kappa shape index (κ2) is 8.84. The summed E-state index contributed by atoms with van der Waals surface area (Å²) in [5.74, 6) is 0.582. The Hall–Kier alpha value is -3.92. The lowest BCUT2D eigenvalue weighted by Gasteiger charge is -2.06. The highest BCUT2D eigenvalue weighted by atomic mass is 32.1. The summed E-state index contributed by atoms with van der Waals surface area (Å²) in [6.07, 6.45) is 2.56. The molecule has 0 radical (unpaired) electrons. The molecule has 1 amide bonds. The number of nitrogens with one attached hydrogen (secondary N) is 2. The lowest BCUT2D eigenvalue weighted by atomic mass is 10.2. The molecule has 158 valence electrons. The molecule has 0 bridgehead atoms. The van der Waals surface area contributed by atoms with Crippen molar-refractivity contribution in [3.05, 3.63) is 92.1 Å². The number of aromatic nitrogens is 3. The predicted molar refractivity (Wildman–Crippen MR) is 114 cm³/mol. The molecule has 2 N–H and O–H groups in total. The number of amides is 1. The van der Waals surface area contributed by atoms with Gasteiger partial charge in [-0.3, -0.25) is 14.2 Å². The zero-order valence-corrected chi connectivity index (χ0v) is 17.3. The van der Waals surface area contributed by atoms with Crippen LogP contribution in [0.1, 0.15) is 21.8 Å². The van der Waals surface area contributed by atoms with Crippen molar-refractivity contribution in [2.75, 3.05) is 7.11 Å². The van der Waals surface area contributed by atoms with Gasteiger partial charge in [0.1, 0.15) is 22.1 Å². The minimum Gasteiger partial charge on any atom is -0.497 e. The van der Waals surface area contributed by atoms with Gasteiger partial charge in [0.2, 0.25) is 0 Å². The number of carbonyl (C=O) groups is 1. The molecular formula is C21H18N4O5S. The summed E-state index contributed by atoms with van der Waals surface area (Å²) in [6, 6.07) is 10.8. The number of furan rings is 1. The molecule has 10 heteroatoms. The molecular weight excluding hydrogens is 420 g/mol. The molecule has 0 saturated carbocycles. The first-order valence-electron chi connectivity index (χ1n) is 9.27. The van der Waals surface area contributed by atoms with Crippen molar-refractivity contribution in [1.29, 1.82) is 0 Å². The van der Waals surface area contributed by atoms with Crippen LogP contribution in [-0.4, -0.2) is 27.6 Å². The predicted octanol–water partition coefficient (Wildman–Crippen LogP) is 2.24. The molecule has 0 aliphatic rings. The van der Waals surface area contributed by atoms with Gasteiger partial charge >= 0.3 is 5.69 Å². The minimum absolute atomic E-state index is 0.0698. The van der Waals surface area contributed by atoms with Crippen LogP contribution in [0.4, 0.5) is 0 Å². The third-order valence-electron chi connectivity index (χ3n) is 4.52. The van der Waals surface area contributed by atoms with Crippen LogP contribution in [0.3, 0.4) is 0 Å². The topological polar surface area (TPSA) is 119 Å². The van der Waals surface area contributed by atoms with Crippen LogP contribution in [0.2, 0.25) is 0 Å².